The summed E-state index contributed by atoms with van der Waals surface area (Å²) in [7, 11) is 2.01. The maximum Gasteiger partial charge on any atom is 0.164 e. The lowest BCUT2D eigenvalue weighted by Crippen LogP contribution is -2.57. The summed E-state index contributed by atoms with van der Waals surface area (Å²) in [5.74, 6) is 4.28. The molecule has 0 aromatic heterocycles. The van der Waals surface area contributed by atoms with E-state index in [1.807, 2.05) is 7.11 Å². The normalized spacial score (nSPS) is 54.4. The molecule has 1 heterocycles. The van der Waals surface area contributed by atoms with Crippen LogP contribution in [0.25, 0.3) is 0 Å². The third-order valence-electron chi connectivity index (χ3n) is 13.4. The molecule has 3 nitrogen and oxygen atoms in total. The topological polar surface area (TPSA) is 27.7 Å². The molecule has 5 aliphatic carbocycles. The third kappa shape index (κ3) is 3.19. The van der Waals surface area contributed by atoms with E-state index in [9.17, 15) is 0 Å². The first-order chi connectivity index (χ1) is 16.4. The van der Waals surface area contributed by atoms with Gasteiger partial charge in [-0.15, -0.1) is 0 Å². The lowest BCUT2D eigenvalue weighted by molar-refractivity contribution is -0.168. The van der Waals surface area contributed by atoms with Crippen molar-refractivity contribution in [3.63, 3.8) is 0 Å². The van der Waals surface area contributed by atoms with Gasteiger partial charge in [0.2, 0.25) is 0 Å². The number of rotatable bonds is 4. The van der Waals surface area contributed by atoms with Gasteiger partial charge in [-0.2, -0.15) is 0 Å². The maximum absolute atomic E-state index is 6.69. The average molecular weight is 485 g/mol. The van der Waals surface area contributed by atoms with Crippen molar-refractivity contribution in [3.8, 4) is 0 Å². The largest absolute Gasteiger partial charge is 0.381 e. The summed E-state index contributed by atoms with van der Waals surface area (Å²) >= 11 is 0. The minimum atomic E-state index is -0.502. The van der Waals surface area contributed by atoms with Gasteiger partial charge < -0.3 is 14.2 Å². The molecule has 1 spiro atoms. The Labute approximate surface area is 215 Å². The summed E-state index contributed by atoms with van der Waals surface area (Å²) in [4.78, 5) is 0. The molecule has 35 heavy (non-hydrogen) atoms. The highest BCUT2D eigenvalue weighted by molar-refractivity contribution is 5.26. The van der Waals surface area contributed by atoms with E-state index in [1.54, 1.807) is 0 Å². The van der Waals surface area contributed by atoms with E-state index >= 15 is 0 Å². The Kier molecular flexibility index (Phi) is 5.57. The second-order valence-electron chi connectivity index (χ2n) is 15.0. The Morgan fingerprint density at radius 2 is 1.66 bits per heavy atom. The maximum atomic E-state index is 6.69. The van der Waals surface area contributed by atoms with Crippen molar-refractivity contribution in [3.05, 3.63) is 11.1 Å². The van der Waals surface area contributed by atoms with Gasteiger partial charge in [-0.3, -0.25) is 0 Å². The van der Waals surface area contributed by atoms with Crippen molar-refractivity contribution < 1.29 is 14.2 Å². The second kappa shape index (κ2) is 7.82. The number of methoxy groups -OCH3 is 1. The van der Waals surface area contributed by atoms with Crippen LogP contribution in [0.4, 0.5) is 0 Å². The van der Waals surface area contributed by atoms with Crippen molar-refractivity contribution >= 4 is 0 Å². The Balaban J connectivity index is 1.28. The van der Waals surface area contributed by atoms with Gasteiger partial charge in [-0.1, -0.05) is 26.3 Å². The zero-order valence-corrected chi connectivity index (χ0v) is 24.1. The van der Waals surface area contributed by atoms with E-state index in [4.69, 9.17) is 14.2 Å². The summed E-state index contributed by atoms with van der Waals surface area (Å²) < 4.78 is 19.6. The minimum absolute atomic E-state index is 0.0839. The van der Waals surface area contributed by atoms with Gasteiger partial charge in [-0.05, 0) is 138 Å². The molecule has 198 valence electrons. The van der Waals surface area contributed by atoms with Gasteiger partial charge in [0.15, 0.2) is 5.79 Å². The van der Waals surface area contributed by atoms with Crippen molar-refractivity contribution in [1.82, 2.24) is 0 Å². The second-order valence-corrected chi connectivity index (χ2v) is 15.0. The molecule has 0 bridgehead atoms. The molecule has 6 rings (SSSR count). The van der Waals surface area contributed by atoms with Crippen molar-refractivity contribution in [2.24, 2.45) is 51.8 Å². The molecule has 5 saturated carbocycles. The van der Waals surface area contributed by atoms with E-state index in [-0.39, 0.29) is 12.2 Å². The molecule has 0 radical (unpaired) electrons. The highest BCUT2D eigenvalue weighted by Gasteiger charge is 2.77. The molecule has 0 amide bonds. The van der Waals surface area contributed by atoms with Crippen LogP contribution in [0, 0.1) is 51.8 Å². The highest BCUT2D eigenvalue weighted by Crippen LogP contribution is 2.82. The lowest BCUT2D eigenvalue weighted by atomic mass is 9.45. The van der Waals surface area contributed by atoms with Gasteiger partial charge in [0.05, 0.1) is 12.2 Å². The molecule has 0 aromatic rings. The van der Waals surface area contributed by atoms with Gasteiger partial charge in [0, 0.05) is 12.5 Å². The van der Waals surface area contributed by atoms with E-state index in [1.165, 1.54) is 62.5 Å². The zero-order valence-electron chi connectivity index (χ0n) is 24.1. The van der Waals surface area contributed by atoms with Gasteiger partial charge in [0.25, 0.3) is 0 Å². The van der Waals surface area contributed by atoms with E-state index in [2.05, 4.69) is 55.4 Å². The Hall–Kier alpha value is -0.380. The monoisotopic (exact) mass is 484 g/mol. The Bertz CT molecular complexity index is 902. The summed E-state index contributed by atoms with van der Waals surface area (Å²) in [5, 5.41) is 0. The van der Waals surface area contributed by atoms with Crippen molar-refractivity contribution in [2.45, 2.75) is 131 Å². The predicted molar refractivity (Wildman–Crippen MR) is 141 cm³/mol. The lowest BCUT2D eigenvalue weighted by Gasteiger charge is -2.61. The number of allylic oxidation sites excluding steroid dienone is 1. The van der Waals surface area contributed by atoms with E-state index < -0.39 is 5.79 Å². The van der Waals surface area contributed by atoms with Crippen LogP contribution in [0.3, 0.4) is 0 Å². The average Bonchev–Trinajstić information content (AvgIpc) is 3.11. The molecule has 6 fully saturated rings. The third-order valence-corrected chi connectivity index (χ3v) is 13.4. The van der Waals surface area contributed by atoms with Crippen LogP contribution >= 0.6 is 0 Å². The van der Waals surface area contributed by atoms with Crippen LogP contribution in [0.5, 0.6) is 0 Å². The fraction of sp³-hybridized carbons (Fsp3) is 0.938. The summed E-state index contributed by atoms with van der Waals surface area (Å²) in [6, 6.07) is 0. The minimum Gasteiger partial charge on any atom is -0.381 e. The van der Waals surface area contributed by atoms with Crippen LogP contribution in [-0.4, -0.2) is 31.2 Å². The van der Waals surface area contributed by atoms with E-state index in [0.717, 1.165) is 23.7 Å². The number of hydrogen-bond donors (Lipinski definition) is 0. The van der Waals surface area contributed by atoms with Gasteiger partial charge >= 0.3 is 0 Å². The molecule has 0 aromatic carbocycles. The molecular formula is C32H52O3. The standard InChI is InChI=1S/C32H52O3/c1-18(2)19(3)27-28(35-29(5,6)34-27)20(4)23-10-11-24-22-16-26(33-9)32-17-21(32)12-15-31(32,8)25(22)13-14-30(23,24)7/h20-28H,10-17H2,1-9H3/t20-,21+,22-,23+,24-,25-,26+,27+,28+,30+,31+,32-/m0/s1. The number of ether oxygens (including phenoxy) is 3. The summed E-state index contributed by atoms with van der Waals surface area (Å²) in [6.45, 7) is 18.8. The molecule has 12 atom stereocenters. The summed E-state index contributed by atoms with van der Waals surface area (Å²) in [6.07, 6.45) is 12.0. The summed E-state index contributed by atoms with van der Waals surface area (Å²) in [5.41, 5.74) is 4.20. The number of hydrogen-bond acceptors (Lipinski definition) is 3. The Morgan fingerprint density at radius 1 is 0.914 bits per heavy atom. The SMILES string of the molecule is CO[C@@H]1C[C@H]2[C@@H]3CC[C@H]([C@H](C)[C@H]4OC(C)(C)O[C@@H]4C(C)=C(C)C)[C@@]3(C)CC[C@@H]2[C@@]2(C)CC[C@@H]3C[C@]312. The van der Waals surface area contributed by atoms with Crippen LogP contribution in [0.15, 0.2) is 11.1 Å². The molecule has 0 N–H and O–H groups in total. The molecular weight excluding hydrogens is 432 g/mol. The Morgan fingerprint density at radius 3 is 2.31 bits per heavy atom. The van der Waals surface area contributed by atoms with E-state index in [0.29, 0.717) is 34.2 Å². The van der Waals surface area contributed by atoms with Crippen LogP contribution in [0.2, 0.25) is 0 Å². The van der Waals surface area contributed by atoms with Crippen LogP contribution < -0.4 is 0 Å². The highest BCUT2D eigenvalue weighted by atomic mass is 16.8. The molecule has 0 unspecified atom stereocenters. The van der Waals surface area contributed by atoms with Crippen LogP contribution in [-0.2, 0) is 14.2 Å². The molecule has 6 aliphatic rings. The zero-order chi connectivity index (χ0) is 25.1. The fourth-order valence-electron chi connectivity index (χ4n) is 11.5. The first-order valence-electron chi connectivity index (χ1n) is 14.9. The fourth-order valence-corrected chi connectivity index (χ4v) is 11.5. The molecule has 1 saturated heterocycles. The number of fused-ring (bicyclic) bond motifs is 4. The van der Waals surface area contributed by atoms with Crippen molar-refractivity contribution in [1.29, 1.82) is 0 Å². The van der Waals surface area contributed by atoms with Gasteiger partial charge in [-0.25, -0.2) is 0 Å². The first kappa shape index (κ1) is 24.9. The van der Waals surface area contributed by atoms with Crippen molar-refractivity contribution in [2.75, 3.05) is 7.11 Å². The molecule has 1 aliphatic heterocycles. The van der Waals surface area contributed by atoms with Crippen LogP contribution in [0.1, 0.15) is 107 Å². The molecule has 3 heteroatoms. The quantitative estimate of drug-likeness (QED) is 0.381. The first-order valence-corrected chi connectivity index (χ1v) is 14.9. The smallest absolute Gasteiger partial charge is 0.164 e. The predicted octanol–water partition coefficient (Wildman–Crippen LogP) is 7.78. The van der Waals surface area contributed by atoms with Gasteiger partial charge in [0.1, 0.15) is 6.10 Å².